The molecule has 1 rings (SSSR count). The summed E-state index contributed by atoms with van der Waals surface area (Å²) in [4.78, 5) is 2.61. The second kappa shape index (κ2) is 7.55. The Hall–Kier alpha value is 0.270. The zero-order chi connectivity index (χ0) is 10.2. The van der Waals surface area contributed by atoms with E-state index in [9.17, 15) is 0 Å². The van der Waals surface area contributed by atoms with Gasteiger partial charge in [0.1, 0.15) is 0 Å². The van der Waals surface area contributed by atoms with Gasteiger partial charge in [0.05, 0.1) is 0 Å². The SMILES string of the molecule is CCSCCN1CCC(CCN)CC1. The molecule has 0 aromatic heterocycles. The molecule has 1 aliphatic rings. The number of nitrogens with two attached hydrogens (primary N) is 1. The van der Waals surface area contributed by atoms with Crippen LogP contribution in [-0.2, 0) is 0 Å². The predicted molar refractivity (Wildman–Crippen MR) is 65.8 cm³/mol. The molecule has 0 amide bonds. The summed E-state index contributed by atoms with van der Waals surface area (Å²) < 4.78 is 0. The van der Waals surface area contributed by atoms with E-state index in [0.29, 0.717) is 0 Å². The lowest BCUT2D eigenvalue weighted by Gasteiger charge is -2.31. The van der Waals surface area contributed by atoms with Gasteiger partial charge in [-0.3, -0.25) is 0 Å². The number of piperidine rings is 1. The highest BCUT2D eigenvalue weighted by atomic mass is 32.2. The summed E-state index contributed by atoms with van der Waals surface area (Å²) in [5.74, 6) is 3.47. The van der Waals surface area contributed by atoms with Gasteiger partial charge in [-0.1, -0.05) is 6.92 Å². The van der Waals surface area contributed by atoms with Crippen molar-refractivity contribution in [3.8, 4) is 0 Å². The molecule has 0 radical (unpaired) electrons. The topological polar surface area (TPSA) is 29.3 Å². The Balaban J connectivity index is 2.03. The maximum atomic E-state index is 5.58. The molecule has 14 heavy (non-hydrogen) atoms. The second-order valence-corrected chi connectivity index (χ2v) is 5.45. The van der Waals surface area contributed by atoms with Crippen molar-refractivity contribution < 1.29 is 0 Å². The second-order valence-electron chi connectivity index (χ2n) is 4.06. The van der Waals surface area contributed by atoms with Gasteiger partial charge < -0.3 is 10.6 Å². The van der Waals surface area contributed by atoms with Crippen molar-refractivity contribution in [2.45, 2.75) is 26.2 Å². The third kappa shape index (κ3) is 4.67. The van der Waals surface area contributed by atoms with Crippen LogP contribution in [0, 0.1) is 5.92 Å². The minimum Gasteiger partial charge on any atom is -0.330 e. The molecule has 1 fully saturated rings. The van der Waals surface area contributed by atoms with Gasteiger partial charge in [-0.2, -0.15) is 11.8 Å². The molecule has 0 saturated carbocycles. The van der Waals surface area contributed by atoms with Gasteiger partial charge in [-0.25, -0.2) is 0 Å². The largest absolute Gasteiger partial charge is 0.330 e. The summed E-state index contributed by atoms with van der Waals surface area (Å²) in [6.07, 6.45) is 3.97. The van der Waals surface area contributed by atoms with E-state index in [1.807, 2.05) is 0 Å². The average Bonchev–Trinajstić information content (AvgIpc) is 2.21. The molecule has 0 aromatic rings. The molecule has 0 aromatic carbocycles. The molecule has 0 aliphatic carbocycles. The summed E-state index contributed by atoms with van der Waals surface area (Å²) in [5, 5.41) is 0. The lowest BCUT2D eigenvalue weighted by molar-refractivity contribution is 0.189. The minimum absolute atomic E-state index is 0.871. The number of hydrogen-bond acceptors (Lipinski definition) is 3. The first-order valence-corrected chi connectivity index (χ1v) is 7.02. The highest BCUT2D eigenvalue weighted by Gasteiger charge is 2.17. The van der Waals surface area contributed by atoms with Crippen molar-refractivity contribution in [1.82, 2.24) is 4.90 Å². The summed E-state index contributed by atoms with van der Waals surface area (Å²) in [5.41, 5.74) is 5.58. The molecular weight excluding hydrogens is 192 g/mol. The molecule has 1 saturated heterocycles. The molecule has 2 N–H and O–H groups in total. The molecule has 0 atom stereocenters. The van der Waals surface area contributed by atoms with Gasteiger partial charge in [0, 0.05) is 12.3 Å². The minimum atomic E-state index is 0.871. The quantitative estimate of drug-likeness (QED) is 0.687. The fourth-order valence-corrected chi connectivity index (χ4v) is 2.75. The smallest absolute Gasteiger partial charge is 0.00723 e. The van der Waals surface area contributed by atoms with E-state index >= 15 is 0 Å². The van der Waals surface area contributed by atoms with E-state index in [0.717, 1.165) is 12.5 Å². The van der Waals surface area contributed by atoms with Crippen molar-refractivity contribution in [3.63, 3.8) is 0 Å². The number of thioether (sulfide) groups is 1. The summed E-state index contributed by atoms with van der Waals surface area (Å²) in [6.45, 7) is 6.99. The first kappa shape index (κ1) is 12.3. The molecule has 1 heterocycles. The fourth-order valence-electron chi connectivity index (χ4n) is 2.07. The van der Waals surface area contributed by atoms with Gasteiger partial charge >= 0.3 is 0 Å². The maximum Gasteiger partial charge on any atom is 0.00723 e. The van der Waals surface area contributed by atoms with Crippen molar-refractivity contribution in [3.05, 3.63) is 0 Å². The van der Waals surface area contributed by atoms with Crippen LogP contribution in [0.15, 0.2) is 0 Å². The van der Waals surface area contributed by atoms with Gasteiger partial charge in [-0.05, 0) is 50.6 Å². The zero-order valence-electron chi connectivity index (χ0n) is 9.37. The van der Waals surface area contributed by atoms with Gasteiger partial charge in [0.2, 0.25) is 0 Å². The lowest BCUT2D eigenvalue weighted by atomic mass is 9.94. The maximum absolute atomic E-state index is 5.58. The van der Waals surface area contributed by atoms with E-state index in [2.05, 4.69) is 23.6 Å². The molecule has 0 bridgehead atoms. The van der Waals surface area contributed by atoms with Crippen molar-refractivity contribution in [2.24, 2.45) is 11.7 Å². The third-order valence-electron chi connectivity index (χ3n) is 3.04. The molecule has 84 valence electrons. The highest BCUT2D eigenvalue weighted by molar-refractivity contribution is 7.99. The van der Waals surface area contributed by atoms with Crippen molar-refractivity contribution in [1.29, 1.82) is 0 Å². The Morgan fingerprint density at radius 2 is 2.07 bits per heavy atom. The molecule has 2 nitrogen and oxygen atoms in total. The molecule has 1 aliphatic heterocycles. The van der Waals surface area contributed by atoms with E-state index < -0.39 is 0 Å². The predicted octanol–water partition coefficient (Wildman–Crippen LogP) is 1.80. The standard InChI is InChI=1S/C11H24N2S/c1-2-14-10-9-13-7-4-11(3-6-12)5-8-13/h11H,2-10,12H2,1H3. The summed E-state index contributed by atoms with van der Waals surface area (Å²) >= 11 is 2.05. The number of likely N-dealkylation sites (tertiary alicyclic amines) is 1. The Bertz CT molecular complexity index is 133. The molecule has 0 unspecified atom stereocenters. The highest BCUT2D eigenvalue weighted by Crippen LogP contribution is 2.19. The van der Waals surface area contributed by atoms with E-state index in [1.165, 1.54) is 50.4 Å². The number of hydrogen-bond donors (Lipinski definition) is 1. The van der Waals surface area contributed by atoms with Crippen molar-refractivity contribution in [2.75, 3.05) is 37.7 Å². The van der Waals surface area contributed by atoms with Crippen LogP contribution in [0.25, 0.3) is 0 Å². The van der Waals surface area contributed by atoms with E-state index in [4.69, 9.17) is 5.73 Å². The van der Waals surface area contributed by atoms with E-state index in [-0.39, 0.29) is 0 Å². The number of nitrogens with zero attached hydrogens (tertiary/aromatic N) is 1. The van der Waals surface area contributed by atoms with Gasteiger partial charge in [0.25, 0.3) is 0 Å². The van der Waals surface area contributed by atoms with Crippen LogP contribution in [-0.4, -0.2) is 42.6 Å². The average molecular weight is 216 g/mol. The van der Waals surface area contributed by atoms with Gasteiger partial charge in [0.15, 0.2) is 0 Å². The van der Waals surface area contributed by atoms with E-state index in [1.54, 1.807) is 0 Å². The Labute approximate surface area is 92.6 Å². The van der Waals surface area contributed by atoms with Crippen LogP contribution < -0.4 is 5.73 Å². The molecular formula is C11H24N2S. The fraction of sp³-hybridized carbons (Fsp3) is 1.00. The summed E-state index contributed by atoms with van der Waals surface area (Å²) in [7, 11) is 0. The first-order valence-electron chi connectivity index (χ1n) is 5.87. The Morgan fingerprint density at radius 3 is 2.64 bits per heavy atom. The first-order chi connectivity index (χ1) is 6.86. The van der Waals surface area contributed by atoms with Crippen LogP contribution in [0.3, 0.4) is 0 Å². The van der Waals surface area contributed by atoms with Crippen LogP contribution in [0.2, 0.25) is 0 Å². The third-order valence-corrected chi connectivity index (χ3v) is 3.92. The number of rotatable bonds is 6. The molecule has 3 heteroatoms. The van der Waals surface area contributed by atoms with Crippen LogP contribution >= 0.6 is 11.8 Å². The van der Waals surface area contributed by atoms with Crippen LogP contribution in [0.4, 0.5) is 0 Å². The molecule has 0 spiro atoms. The van der Waals surface area contributed by atoms with Gasteiger partial charge in [-0.15, -0.1) is 0 Å². The Morgan fingerprint density at radius 1 is 1.36 bits per heavy atom. The lowest BCUT2D eigenvalue weighted by Crippen LogP contribution is -2.35. The normalized spacial score (nSPS) is 20.1. The summed E-state index contributed by atoms with van der Waals surface area (Å²) in [6, 6.07) is 0. The zero-order valence-corrected chi connectivity index (χ0v) is 10.2. The van der Waals surface area contributed by atoms with Crippen LogP contribution in [0.5, 0.6) is 0 Å². The Kier molecular flexibility index (Phi) is 6.65. The monoisotopic (exact) mass is 216 g/mol. The van der Waals surface area contributed by atoms with Crippen LogP contribution in [0.1, 0.15) is 26.2 Å². The van der Waals surface area contributed by atoms with Crippen molar-refractivity contribution >= 4 is 11.8 Å².